The van der Waals surface area contributed by atoms with E-state index in [9.17, 15) is 33.9 Å². The molecule has 0 unspecified atom stereocenters. The minimum absolute atomic E-state index is 0.00212. The second-order valence-electron chi connectivity index (χ2n) is 11.5. The fourth-order valence-electron chi connectivity index (χ4n) is 4.07. The number of carboxylic acid groups (broad SMARTS) is 1. The molecule has 0 aliphatic heterocycles. The summed E-state index contributed by atoms with van der Waals surface area (Å²) in [6.07, 6.45) is 2.05. The average molecular weight is 616 g/mol. The third-order valence-corrected chi connectivity index (χ3v) is 6.92. The lowest BCUT2D eigenvalue weighted by molar-refractivity contribution is -0.143. The highest BCUT2D eigenvalue weighted by molar-refractivity contribution is 5.95. The van der Waals surface area contributed by atoms with Crippen LogP contribution in [0.4, 0.5) is 0 Å². The van der Waals surface area contributed by atoms with Gasteiger partial charge in [-0.05, 0) is 50.0 Å². The van der Waals surface area contributed by atoms with Gasteiger partial charge in [-0.1, -0.05) is 48.0 Å². The Kier molecular flexibility index (Phi) is 19.0. The predicted octanol–water partition coefficient (Wildman–Crippen LogP) is -1.68. The number of hydrogen-bond donors (Lipinski definition) is 9. The van der Waals surface area contributed by atoms with E-state index in [0.717, 1.165) is 0 Å². The molecule has 0 bridgehead atoms. The zero-order valence-electron chi connectivity index (χ0n) is 26.3. The number of nitrogens with one attached hydrogen (secondary N) is 5. The van der Waals surface area contributed by atoms with E-state index in [1.54, 1.807) is 20.8 Å². The van der Waals surface area contributed by atoms with E-state index in [1.807, 2.05) is 20.8 Å². The van der Waals surface area contributed by atoms with Gasteiger partial charge in [-0.15, -0.1) is 0 Å². The molecule has 0 saturated carbocycles. The molecule has 0 fully saturated rings. The highest BCUT2D eigenvalue weighted by Gasteiger charge is 2.32. The molecule has 0 radical (unpaired) electrons. The van der Waals surface area contributed by atoms with Crippen molar-refractivity contribution in [2.75, 3.05) is 19.7 Å². The van der Waals surface area contributed by atoms with Crippen molar-refractivity contribution < 1.29 is 39.0 Å². The van der Waals surface area contributed by atoms with Crippen LogP contribution in [0.1, 0.15) is 73.6 Å². The molecule has 248 valence electrons. The van der Waals surface area contributed by atoms with Gasteiger partial charge in [0, 0.05) is 0 Å². The summed E-state index contributed by atoms with van der Waals surface area (Å²) in [4.78, 5) is 75.7. The predicted molar refractivity (Wildman–Crippen MR) is 160 cm³/mol. The first-order chi connectivity index (χ1) is 20.1. The molecule has 15 heteroatoms. The van der Waals surface area contributed by atoms with Crippen molar-refractivity contribution in [3.05, 3.63) is 0 Å². The van der Waals surface area contributed by atoms with Crippen molar-refractivity contribution in [1.82, 2.24) is 26.6 Å². The van der Waals surface area contributed by atoms with E-state index in [2.05, 4.69) is 26.6 Å². The van der Waals surface area contributed by atoms with Gasteiger partial charge in [0.1, 0.15) is 30.2 Å². The highest BCUT2D eigenvalue weighted by Crippen LogP contribution is 2.11. The number of nitrogens with two attached hydrogens (primary N) is 2. The Labute approximate surface area is 254 Å². The van der Waals surface area contributed by atoms with Crippen molar-refractivity contribution >= 4 is 35.5 Å². The largest absolute Gasteiger partial charge is 0.480 e. The molecule has 0 spiro atoms. The Morgan fingerprint density at radius 3 is 1.84 bits per heavy atom. The van der Waals surface area contributed by atoms with Gasteiger partial charge in [0.05, 0.1) is 13.2 Å². The molecule has 6 atom stereocenters. The van der Waals surface area contributed by atoms with Gasteiger partial charge in [0.25, 0.3) is 0 Å². The Morgan fingerprint density at radius 1 is 0.767 bits per heavy atom. The number of carbonyl (C=O) groups excluding carboxylic acids is 5. The van der Waals surface area contributed by atoms with Crippen LogP contribution in [0.2, 0.25) is 0 Å². The molecule has 0 saturated heterocycles. The number of unbranched alkanes of at least 4 members (excludes halogenated alkanes) is 1. The summed E-state index contributed by atoms with van der Waals surface area (Å²) in [7, 11) is 0. The molecule has 0 aliphatic rings. The number of hydrogen-bond acceptors (Lipinski definition) is 9. The number of carboxylic acids is 1. The Hall–Kier alpha value is -3.30. The van der Waals surface area contributed by atoms with E-state index in [1.165, 1.54) is 0 Å². The normalized spacial score (nSPS) is 15.4. The summed E-state index contributed by atoms with van der Waals surface area (Å²) in [6, 6.07) is -5.47. The molecule has 0 rings (SSSR count). The van der Waals surface area contributed by atoms with Crippen LogP contribution in [-0.4, -0.2) is 95.6 Å². The monoisotopic (exact) mass is 615 g/mol. The van der Waals surface area contributed by atoms with Crippen molar-refractivity contribution in [1.29, 1.82) is 0 Å². The molecular formula is C28H53N7O8. The van der Waals surface area contributed by atoms with Gasteiger partial charge in [0.15, 0.2) is 0 Å². The molecule has 0 heterocycles. The Balaban J connectivity index is 5.55. The van der Waals surface area contributed by atoms with Gasteiger partial charge in [0.2, 0.25) is 29.5 Å². The smallest absolute Gasteiger partial charge is 0.326 e. The quantitative estimate of drug-likeness (QED) is 0.0663. The molecule has 0 aliphatic carbocycles. The Bertz CT molecular complexity index is 931. The molecule has 5 amide bonds. The van der Waals surface area contributed by atoms with Crippen molar-refractivity contribution in [2.45, 2.75) is 104 Å². The van der Waals surface area contributed by atoms with Crippen molar-refractivity contribution in [3.63, 3.8) is 0 Å². The molecule has 15 nitrogen and oxygen atoms in total. The summed E-state index contributed by atoms with van der Waals surface area (Å²) >= 11 is 0. The van der Waals surface area contributed by atoms with Crippen LogP contribution in [0, 0.1) is 17.8 Å². The van der Waals surface area contributed by atoms with Gasteiger partial charge in [-0.25, -0.2) is 4.79 Å². The summed E-state index contributed by atoms with van der Waals surface area (Å²) in [5, 5.41) is 31.2. The number of carbonyl (C=O) groups is 6. The van der Waals surface area contributed by atoms with Gasteiger partial charge in [-0.2, -0.15) is 0 Å². The lowest BCUT2D eigenvalue weighted by Crippen LogP contribution is -2.58. The van der Waals surface area contributed by atoms with Crippen molar-refractivity contribution in [3.8, 4) is 0 Å². The minimum atomic E-state index is -1.21. The average Bonchev–Trinajstić information content (AvgIpc) is 2.94. The Morgan fingerprint density at radius 2 is 1.35 bits per heavy atom. The highest BCUT2D eigenvalue weighted by atomic mass is 16.4. The van der Waals surface area contributed by atoms with Crippen LogP contribution in [0.15, 0.2) is 0 Å². The fourth-order valence-corrected chi connectivity index (χ4v) is 4.07. The number of aliphatic hydroxyl groups excluding tert-OH is 1. The maximum Gasteiger partial charge on any atom is 0.326 e. The maximum atomic E-state index is 13.1. The van der Waals surface area contributed by atoms with Crippen LogP contribution < -0.4 is 38.1 Å². The molecular weight excluding hydrogens is 562 g/mol. The fraction of sp³-hybridized carbons (Fsp3) is 0.786. The van der Waals surface area contributed by atoms with Gasteiger partial charge >= 0.3 is 5.97 Å². The summed E-state index contributed by atoms with van der Waals surface area (Å²) in [5.41, 5.74) is 11.1. The second kappa shape index (κ2) is 20.6. The first-order valence-electron chi connectivity index (χ1n) is 14.9. The van der Waals surface area contributed by atoms with Crippen molar-refractivity contribution in [2.24, 2.45) is 29.2 Å². The molecule has 0 aromatic heterocycles. The lowest BCUT2D eigenvalue weighted by atomic mass is 9.96. The zero-order valence-corrected chi connectivity index (χ0v) is 26.3. The summed E-state index contributed by atoms with van der Waals surface area (Å²) < 4.78 is 0. The molecule has 0 aromatic rings. The lowest BCUT2D eigenvalue weighted by Gasteiger charge is -2.27. The first kappa shape index (κ1) is 39.7. The van der Waals surface area contributed by atoms with Crippen LogP contribution >= 0.6 is 0 Å². The molecule has 43 heavy (non-hydrogen) atoms. The number of aliphatic carboxylic acids is 1. The van der Waals surface area contributed by atoms with E-state index >= 15 is 0 Å². The maximum absolute atomic E-state index is 13.1. The summed E-state index contributed by atoms with van der Waals surface area (Å²) in [6.45, 7) is 9.83. The first-order valence-corrected chi connectivity index (χ1v) is 14.9. The van der Waals surface area contributed by atoms with Gasteiger partial charge in [-0.3, -0.25) is 24.0 Å². The minimum Gasteiger partial charge on any atom is -0.480 e. The third-order valence-electron chi connectivity index (χ3n) is 6.92. The van der Waals surface area contributed by atoms with E-state index in [-0.39, 0.29) is 24.7 Å². The molecule has 11 N–H and O–H groups in total. The SMILES string of the molecule is CC[C@H](C)[C@H](NC(=O)[C@H](CC(C)C)NC(=O)[C@@H](N)CO)C(=O)NCC(=O)N[C@@H](CCCCN)C(=O)N[C@H](C(=O)O)C(C)C. The van der Waals surface area contributed by atoms with E-state index < -0.39 is 84.8 Å². The van der Waals surface area contributed by atoms with E-state index in [0.29, 0.717) is 25.8 Å². The van der Waals surface area contributed by atoms with Crippen LogP contribution in [-0.2, 0) is 28.8 Å². The topological polar surface area (TPSA) is 255 Å². The second-order valence-corrected chi connectivity index (χ2v) is 11.5. The standard InChI is InChI=1S/C28H53N7O8/c1-7-17(6)23(35-26(40)20(12-15(2)3)33-24(38)18(30)14-36)27(41)31-13-21(37)32-19(10-8-9-11-29)25(39)34-22(16(4)5)28(42)43/h15-20,22-23,36H,7-14,29-30H2,1-6H3,(H,31,41)(H,32,37)(H,33,38)(H,34,39)(H,35,40)(H,42,43)/t17-,18-,19-,20-,22-,23-/m0/s1. The number of rotatable bonds is 21. The summed E-state index contributed by atoms with van der Waals surface area (Å²) in [5.74, 6) is -5.26. The van der Waals surface area contributed by atoms with E-state index in [4.69, 9.17) is 16.6 Å². The number of amides is 5. The molecule has 0 aromatic carbocycles. The third kappa shape index (κ3) is 15.1. The van der Waals surface area contributed by atoms with Crippen LogP contribution in [0.3, 0.4) is 0 Å². The number of aliphatic hydroxyl groups is 1. The van der Waals surface area contributed by atoms with Gasteiger partial charge < -0.3 is 48.3 Å². The van der Waals surface area contributed by atoms with Crippen LogP contribution in [0.25, 0.3) is 0 Å². The van der Waals surface area contributed by atoms with Crippen LogP contribution in [0.5, 0.6) is 0 Å². The zero-order chi connectivity index (χ0) is 33.3.